The summed E-state index contributed by atoms with van der Waals surface area (Å²) in [6.45, 7) is 4.18. The fourth-order valence-electron chi connectivity index (χ4n) is 4.90. The average Bonchev–Trinajstić information content (AvgIpc) is 3.44. The number of hydrogen-bond acceptors (Lipinski definition) is 6. The Morgan fingerprint density at radius 1 is 1.05 bits per heavy atom. The van der Waals surface area contributed by atoms with Gasteiger partial charge in [0.25, 0.3) is 0 Å². The first-order chi connectivity index (χ1) is 18.8. The predicted octanol–water partition coefficient (Wildman–Crippen LogP) is 4.02. The molecule has 0 fully saturated rings. The molecular formula is C30H33N7O2. The van der Waals surface area contributed by atoms with Crippen molar-refractivity contribution in [2.75, 3.05) is 4.90 Å². The van der Waals surface area contributed by atoms with Crippen molar-refractivity contribution in [3.63, 3.8) is 0 Å². The molecule has 1 aromatic heterocycles. The summed E-state index contributed by atoms with van der Waals surface area (Å²) >= 11 is 0. The summed E-state index contributed by atoms with van der Waals surface area (Å²) in [6.07, 6.45) is 2.09. The summed E-state index contributed by atoms with van der Waals surface area (Å²) in [7, 11) is 0. The lowest BCUT2D eigenvalue weighted by molar-refractivity contribution is -0.127. The van der Waals surface area contributed by atoms with Crippen LogP contribution in [0.25, 0.3) is 22.5 Å². The number of carbonyl (C=O) groups excluding carboxylic acids is 2. The smallest absolute Gasteiger partial charge is 0.249 e. The van der Waals surface area contributed by atoms with Gasteiger partial charge in [0.05, 0.1) is 6.54 Å². The lowest BCUT2D eigenvalue weighted by Crippen LogP contribution is -2.48. The Bertz CT molecular complexity index is 1440. The van der Waals surface area contributed by atoms with Crippen molar-refractivity contribution in [1.29, 1.82) is 0 Å². The number of amides is 2. The van der Waals surface area contributed by atoms with Gasteiger partial charge in [-0.3, -0.25) is 9.59 Å². The van der Waals surface area contributed by atoms with Gasteiger partial charge < -0.3 is 16.0 Å². The molecule has 2 heterocycles. The third kappa shape index (κ3) is 6.21. The van der Waals surface area contributed by atoms with Crippen LogP contribution in [0.4, 0.5) is 5.69 Å². The highest BCUT2D eigenvalue weighted by atomic mass is 16.2. The van der Waals surface area contributed by atoms with Crippen molar-refractivity contribution in [2.45, 2.75) is 57.7 Å². The molecule has 1 aliphatic heterocycles. The number of benzene rings is 3. The molecule has 9 nitrogen and oxygen atoms in total. The number of nitrogens with one attached hydrogen (secondary N) is 2. The van der Waals surface area contributed by atoms with Crippen molar-refractivity contribution < 1.29 is 9.59 Å². The molecule has 0 saturated carbocycles. The van der Waals surface area contributed by atoms with E-state index in [2.05, 4.69) is 32.0 Å². The molecule has 0 saturated heterocycles. The van der Waals surface area contributed by atoms with Crippen molar-refractivity contribution >= 4 is 17.5 Å². The lowest BCUT2D eigenvalue weighted by atomic mass is 9.98. The number of para-hydroxylation sites is 1. The Balaban J connectivity index is 1.37. The van der Waals surface area contributed by atoms with Gasteiger partial charge in [-0.1, -0.05) is 66.7 Å². The summed E-state index contributed by atoms with van der Waals surface area (Å²) in [4.78, 5) is 28.3. The molecular weight excluding hydrogens is 490 g/mol. The van der Waals surface area contributed by atoms with Crippen LogP contribution >= 0.6 is 0 Å². The largest absolute Gasteiger partial charge is 0.344 e. The van der Waals surface area contributed by atoms with E-state index in [0.29, 0.717) is 31.6 Å². The summed E-state index contributed by atoms with van der Waals surface area (Å²) < 4.78 is 0. The maximum absolute atomic E-state index is 13.8. The molecule has 5 rings (SSSR count). The summed E-state index contributed by atoms with van der Waals surface area (Å²) in [6, 6.07) is 23.4. The molecule has 2 amide bonds. The average molecular weight is 524 g/mol. The number of aromatic amines is 1. The molecule has 200 valence electrons. The Kier molecular flexibility index (Phi) is 7.51. The number of rotatable bonds is 8. The predicted molar refractivity (Wildman–Crippen MR) is 150 cm³/mol. The zero-order valence-electron chi connectivity index (χ0n) is 22.2. The van der Waals surface area contributed by atoms with Crippen LogP contribution in [0.1, 0.15) is 44.2 Å². The first kappa shape index (κ1) is 26.2. The van der Waals surface area contributed by atoms with Crippen LogP contribution in [-0.2, 0) is 22.6 Å². The number of tetrazole rings is 1. The number of H-pyrrole nitrogens is 1. The quantitative estimate of drug-likeness (QED) is 0.320. The van der Waals surface area contributed by atoms with E-state index in [-0.39, 0.29) is 18.2 Å². The van der Waals surface area contributed by atoms with E-state index in [9.17, 15) is 9.59 Å². The zero-order valence-corrected chi connectivity index (χ0v) is 22.2. The van der Waals surface area contributed by atoms with Crippen LogP contribution in [0, 0.1) is 0 Å². The summed E-state index contributed by atoms with van der Waals surface area (Å²) in [5, 5.41) is 17.3. The molecule has 1 unspecified atom stereocenters. The van der Waals surface area contributed by atoms with Gasteiger partial charge in [-0.2, -0.15) is 0 Å². The molecule has 0 bridgehead atoms. The molecule has 0 aliphatic carbocycles. The molecule has 4 N–H and O–H groups in total. The van der Waals surface area contributed by atoms with Gasteiger partial charge in [-0.05, 0) is 71.9 Å². The van der Waals surface area contributed by atoms with Gasteiger partial charge in [0.2, 0.25) is 11.8 Å². The minimum Gasteiger partial charge on any atom is -0.344 e. The number of aromatic nitrogens is 4. The number of fused-ring (bicyclic) bond motifs is 1. The van der Waals surface area contributed by atoms with Crippen molar-refractivity contribution in [1.82, 2.24) is 25.9 Å². The Labute approximate surface area is 227 Å². The van der Waals surface area contributed by atoms with E-state index >= 15 is 0 Å². The van der Waals surface area contributed by atoms with Crippen molar-refractivity contribution in [3.05, 3.63) is 83.9 Å². The van der Waals surface area contributed by atoms with E-state index in [4.69, 9.17) is 5.73 Å². The molecule has 1 aliphatic rings. The third-order valence-electron chi connectivity index (χ3n) is 7.01. The number of hydrogen-bond donors (Lipinski definition) is 3. The molecule has 1 atom stereocenters. The fraction of sp³-hybridized carbons (Fsp3) is 0.300. The standard InChI is InChI=1S/C30H33N7O2/c1-30(2,31)18-17-27(38)32-25-16-15-22-7-3-6-10-26(22)37(29(25)39)19-20-11-13-21(14-12-20)23-8-4-5-9-24(23)28-33-35-36-34-28/h3-14,25H,15-19,31H2,1-2H3,(H,32,38)(H,33,34,35,36). The minimum atomic E-state index is -0.590. The van der Waals surface area contributed by atoms with E-state index in [0.717, 1.165) is 33.5 Å². The van der Waals surface area contributed by atoms with Crippen LogP contribution in [0.2, 0.25) is 0 Å². The highest BCUT2D eigenvalue weighted by Crippen LogP contribution is 2.32. The summed E-state index contributed by atoms with van der Waals surface area (Å²) in [5.41, 5.74) is 11.5. The van der Waals surface area contributed by atoms with Crippen LogP contribution in [0.15, 0.2) is 72.8 Å². The maximum atomic E-state index is 13.8. The number of nitrogens with two attached hydrogens (primary N) is 1. The maximum Gasteiger partial charge on any atom is 0.249 e. The Morgan fingerprint density at radius 2 is 1.77 bits per heavy atom. The van der Waals surface area contributed by atoms with E-state index in [1.807, 2.05) is 80.6 Å². The molecule has 0 radical (unpaired) electrons. The summed E-state index contributed by atoms with van der Waals surface area (Å²) in [5.74, 6) is 0.347. The molecule has 4 aromatic rings. The van der Waals surface area contributed by atoms with Gasteiger partial charge in [0.15, 0.2) is 5.82 Å². The molecule has 3 aromatic carbocycles. The van der Waals surface area contributed by atoms with E-state index < -0.39 is 11.6 Å². The number of anilines is 1. The van der Waals surface area contributed by atoms with Gasteiger partial charge in [-0.15, -0.1) is 5.10 Å². The van der Waals surface area contributed by atoms with Crippen LogP contribution in [0.3, 0.4) is 0 Å². The second kappa shape index (κ2) is 11.2. The van der Waals surface area contributed by atoms with Gasteiger partial charge in [-0.25, -0.2) is 5.10 Å². The fourth-order valence-corrected chi connectivity index (χ4v) is 4.90. The van der Waals surface area contributed by atoms with Gasteiger partial charge in [0.1, 0.15) is 6.04 Å². The molecule has 39 heavy (non-hydrogen) atoms. The van der Waals surface area contributed by atoms with E-state index in [1.165, 1.54) is 0 Å². The topological polar surface area (TPSA) is 130 Å². The lowest BCUT2D eigenvalue weighted by Gasteiger charge is -2.27. The van der Waals surface area contributed by atoms with E-state index in [1.54, 1.807) is 4.90 Å². The third-order valence-corrected chi connectivity index (χ3v) is 7.01. The number of carbonyl (C=O) groups is 2. The first-order valence-electron chi connectivity index (χ1n) is 13.2. The second-order valence-electron chi connectivity index (χ2n) is 10.7. The van der Waals surface area contributed by atoms with Crippen LogP contribution < -0.4 is 16.0 Å². The number of aryl methyl sites for hydroxylation is 1. The Hall–Kier alpha value is -4.37. The van der Waals surface area contributed by atoms with Crippen molar-refractivity contribution in [3.8, 4) is 22.5 Å². The zero-order chi connectivity index (χ0) is 27.4. The minimum absolute atomic E-state index is 0.104. The monoisotopic (exact) mass is 523 g/mol. The van der Waals surface area contributed by atoms with Crippen molar-refractivity contribution in [2.24, 2.45) is 5.73 Å². The molecule has 9 heteroatoms. The van der Waals surface area contributed by atoms with Gasteiger partial charge >= 0.3 is 0 Å². The normalized spacial score (nSPS) is 15.5. The van der Waals surface area contributed by atoms with Crippen LogP contribution in [0.5, 0.6) is 0 Å². The highest BCUT2D eigenvalue weighted by Gasteiger charge is 2.31. The number of nitrogens with zero attached hydrogens (tertiary/aromatic N) is 4. The van der Waals surface area contributed by atoms with Crippen LogP contribution in [-0.4, -0.2) is 44.0 Å². The SMILES string of the molecule is CC(C)(N)CCC(=O)NC1CCc2ccccc2N(Cc2ccc(-c3ccccc3-c3nnn[nH]3)cc2)C1=O. The Morgan fingerprint density at radius 3 is 2.49 bits per heavy atom. The van der Waals surface area contributed by atoms with Gasteiger partial charge in [0, 0.05) is 23.2 Å². The highest BCUT2D eigenvalue weighted by molar-refractivity contribution is 6.00. The molecule has 0 spiro atoms. The second-order valence-corrected chi connectivity index (χ2v) is 10.7. The first-order valence-corrected chi connectivity index (χ1v) is 13.2.